The van der Waals surface area contributed by atoms with Gasteiger partial charge in [-0.05, 0) is 122 Å². The van der Waals surface area contributed by atoms with Crippen LogP contribution in [0.3, 0.4) is 0 Å². The molecule has 560 valence electrons. The van der Waals surface area contributed by atoms with E-state index >= 15 is 0 Å². The van der Waals surface area contributed by atoms with Crippen LogP contribution in [0.1, 0.15) is 0 Å². The highest BCUT2D eigenvalue weighted by atomic mass is 15.0. The monoisotopic (exact) mass is 1530 g/mol. The average molecular weight is 1530 g/mol. The first-order chi connectivity index (χ1) is 59.5. The van der Waals surface area contributed by atoms with E-state index in [1.165, 1.54) is 16.5 Å². The molecule has 0 atom stereocenters. The van der Waals surface area contributed by atoms with Crippen LogP contribution >= 0.6 is 0 Å². The topological polar surface area (TPSA) is 100 Å². The molecule has 0 radical (unpaired) electrons. The second kappa shape index (κ2) is 30.2. The summed E-state index contributed by atoms with van der Waals surface area (Å²) in [5, 5.41) is 11.1. The van der Waals surface area contributed by atoms with Gasteiger partial charge in [0.15, 0.2) is 23.3 Å². The van der Waals surface area contributed by atoms with Gasteiger partial charge in [0.05, 0.1) is 55.9 Å². The molecule has 6 heterocycles. The van der Waals surface area contributed by atoms with Crippen molar-refractivity contribution in [2.24, 2.45) is 0 Å². The van der Waals surface area contributed by atoms with Crippen molar-refractivity contribution in [1.29, 1.82) is 0 Å². The third kappa shape index (κ3) is 12.7. The van der Waals surface area contributed by atoms with E-state index in [0.29, 0.717) is 23.3 Å². The summed E-state index contributed by atoms with van der Waals surface area (Å²) in [7, 11) is 0. The molecule has 17 aromatic carbocycles. The molecule has 9 heteroatoms. The molecule has 0 saturated heterocycles. The van der Waals surface area contributed by atoms with E-state index < -0.39 is 0 Å². The molecule has 9 nitrogen and oxygen atoms in total. The zero-order chi connectivity index (χ0) is 79.4. The number of para-hydroxylation sites is 6. The van der Waals surface area contributed by atoms with Gasteiger partial charge in [-0.15, -0.1) is 0 Å². The zero-order valence-electron chi connectivity index (χ0n) is 65.0. The zero-order valence-corrected chi connectivity index (χ0v) is 65.0. The van der Waals surface area contributed by atoms with E-state index in [-0.39, 0.29) is 0 Å². The molecule has 0 unspecified atom stereocenters. The Morgan fingerprint density at radius 1 is 0.167 bits per heavy atom. The number of fused-ring (bicyclic) bond motifs is 12. The molecule has 0 amide bonds. The standard InChI is InChI=1S/C58H37N5.C53H34N4/c1-4-16-38(17-5-1)40-28-32-42(33-29-40)56-60-57(43-34-30-41(31-35-43)39-18-6-2-7-19-39)62-58(61-56)48-37-36-47(45-22-10-11-23-46(45)48)54-53-50-25-13-15-27-52(50)63(44-20-8-3-9-21-44)55(53)49-24-12-14-26-51(49)59-54;1-4-16-35(17-5-1)36-28-30-38(31-29-36)48-34-47(37-18-6-2-7-19-37)55-53(56-48)43-33-32-42(40-22-10-11-23-41(40)43)51-50-45-25-13-15-27-49(45)57(39-20-8-3-9-21-39)52(50)44-24-12-14-26-46(44)54-51/h1-37H;1-34H. The normalized spacial score (nSPS) is 11.5. The smallest absolute Gasteiger partial charge is 0.164 e. The van der Waals surface area contributed by atoms with Gasteiger partial charge in [-0.1, -0.05) is 364 Å². The van der Waals surface area contributed by atoms with Crippen molar-refractivity contribution in [3.63, 3.8) is 0 Å². The van der Waals surface area contributed by atoms with Crippen LogP contribution in [0.15, 0.2) is 431 Å². The largest absolute Gasteiger partial charge is 0.308 e. The minimum Gasteiger partial charge on any atom is -0.308 e. The third-order valence-electron chi connectivity index (χ3n) is 23.1. The van der Waals surface area contributed by atoms with Crippen molar-refractivity contribution in [1.82, 2.24) is 44.0 Å². The summed E-state index contributed by atoms with van der Waals surface area (Å²) in [5.74, 6) is 2.51. The lowest BCUT2D eigenvalue weighted by Crippen LogP contribution is -2.01. The van der Waals surface area contributed by atoms with Gasteiger partial charge in [-0.2, -0.15) is 0 Å². The first-order valence-electron chi connectivity index (χ1n) is 40.5. The van der Waals surface area contributed by atoms with E-state index in [9.17, 15) is 0 Å². The minimum absolute atomic E-state index is 0.606. The summed E-state index contributed by atoms with van der Waals surface area (Å²) in [4.78, 5) is 37.1. The fourth-order valence-corrected chi connectivity index (χ4v) is 17.4. The number of aromatic nitrogens is 9. The molecule has 23 rings (SSSR count). The highest BCUT2D eigenvalue weighted by Crippen LogP contribution is 2.48. The number of pyridine rings is 2. The maximum atomic E-state index is 5.49. The molecule has 0 spiro atoms. The van der Waals surface area contributed by atoms with E-state index in [2.05, 4.69) is 416 Å². The van der Waals surface area contributed by atoms with Crippen molar-refractivity contribution in [2.75, 3.05) is 0 Å². The Morgan fingerprint density at radius 3 is 0.808 bits per heavy atom. The fourth-order valence-electron chi connectivity index (χ4n) is 17.4. The molecule has 6 aromatic heterocycles. The molecular weight excluding hydrogens is 1460 g/mol. The van der Waals surface area contributed by atoms with Crippen LogP contribution in [0.5, 0.6) is 0 Å². The summed E-state index contributed by atoms with van der Waals surface area (Å²) in [6.07, 6.45) is 0. The fraction of sp³-hybridized carbons (Fsp3) is 0. The van der Waals surface area contributed by atoms with Crippen molar-refractivity contribution in [3.05, 3.63) is 431 Å². The first kappa shape index (κ1) is 70.4. The van der Waals surface area contributed by atoms with E-state index in [4.69, 9.17) is 34.9 Å². The van der Waals surface area contributed by atoms with Crippen LogP contribution in [-0.2, 0) is 0 Å². The Hall–Kier alpha value is -16.2. The molecule has 0 saturated carbocycles. The molecule has 23 aromatic rings. The van der Waals surface area contributed by atoms with Crippen LogP contribution in [0, 0.1) is 0 Å². The quantitative estimate of drug-likeness (QED) is 0.113. The summed E-state index contributed by atoms with van der Waals surface area (Å²) in [6, 6.07) is 151. The number of rotatable bonds is 13. The van der Waals surface area contributed by atoms with Gasteiger partial charge in [-0.25, -0.2) is 34.9 Å². The molecule has 0 aliphatic heterocycles. The lowest BCUT2D eigenvalue weighted by atomic mass is 9.94. The predicted octanol–water partition coefficient (Wildman–Crippen LogP) is 28.3. The van der Waals surface area contributed by atoms with Gasteiger partial charge in [0.2, 0.25) is 0 Å². The van der Waals surface area contributed by atoms with Crippen molar-refractivity contribution in [3.8, 4) is 135 Å². The van der Waals surface area contributed by atoms with Gasteiger partial charge in [0, 0.05) is 88.2 Å². The maximum absolute atomic E-state index is 5.49. The molecule has 0 N–H and O–H groups in total. The highest BCUT2D eigenvalue weighted by Gasteiger charge is 2.27. The molecule has 120 heavy (non-hydrogen) atoms. The Labute approximate surface area is 692 Å². The van der Waals surface area contributed by atoms with Gasteiger partial charge in [-0.3, -0.25) is 0 Å². The molecule has 0 bridgehead atoms. The van der Waals surface area contributed by atoms with E-state index in [0.717, 1.165) is 182 Å². The summed E-state index contributed by atoms with van der Waals surface area (Å²) < 4.78 is 4.78. The average Bonchev–Trinajstić information content (AvgIpc) is 1.52. The lowest BCUT2D eigenvalue weighted by molar-refractivity contribution is 1.08. The Kier molecular flexibility index (Phi) is 17.7. The van der Waals surface area contributed by atoms with Gasteiger partial charge in [0.25, 0.3) is 0 Å². The Morgan fingerprint density at radius 2 is 0.425 bits per heavy atom. The maximum Gasteiger partial charge on any atom is 0.164 e. The second-order valence-electron chi connectivity index (χ2n) is 30.2. The highest BCUT2D eigenvalue weighted by molar-refractivity contribution is 6.26. The first-order valence-corrected chi connectivity index (χ1v) is 40.5. The SMILES string of the molecule is c1ccc(-c2ccc(-c3cc(-c4ccccc4)nc(-c4ccc(-c5nc6ccccc6c6c5c5ccccc5n6-c5ccccc5)c5ccccc45)n3)cc2)cc1.c1ccc(-c2ccc(-c3nc(-c4ccc(-c5ccccc5)cc4)nc(-c4ccc(-c5nc6ccccc6c6c5c5ccccc5n6-c5ccccc5)c5ccccc45)n3)cc2)cc1. The molecule has 0 aliphatic rings. The van der Waals surface area contributed by atoms with E-state index in [1.807, 2.05) is 24.3 Å². The van der Waals surface area contributed by atoms with Crippen molar-refractivity contribution in [2.45, 2.75) is 0 Å². The number of hydrogen-bond acceptors (Lipinski definition) is 7. The van der Waals surface area contributed by atoms with Crippen LogP contribution < -0.4 is 0 Å². The number of nitrogens with zero attached hydrogens (tertiary/aromatic N) is 9. The van der Waals surface area contributed by atoms with Crippen LogP contribution in [0.25, 0.3) is 222 Å². The van der Waals surface area contributed by atoms with Gasteiger partial charge < -0.3 is 9.13 Å². The van der Waals surface area contributed by atoms with Crippen molar-refractivity contribution >= 4 is 87.0 Å². The summed E-state index contributed by atoms with van der Waals surface area (Å²) >= 11 is 0. The Bertz CT molecular complexity index is 7730. The minimum atomic E-state index is 0.606. The van der Waals surface area contributed by atoms with E-state index in [1.54, 1.807) is 0 Å². The van der Waals surface area contributed by atoms with Gasteiger partial charge in [0.1, 0.15) is 0 Å². The van der Waals surface area contributed by atoms with Gasteiger partial charge >= 0.3 is 0 Å². The van der Waals surface area contributed by atoms with Crippen LogP contribution in [-0.4, -0.2) is 44.0 Å². The second-order valence-corrected chi connectivity index (χ2v) is 30.2. The lowest BCUT2D eigenvalue weighted by Gasteiger charge is -2.15. The number of benzene rings is 17. The van der Waals surface area contributed by atoms with Crippen molar-refractivity contribution < 1.29 is 0 Å². The van der Waals surface area contributed by atoms with Crippen LogP contribution in [0.2, 0.25) is 0 Å². The third-order valence-corrected chi connectivity index (χ3v) is 23.1. The molecular formula is C111H71N9. The predicted molar refractivity (Wildman–Crippen MR) is 496 cm³/mol. The molecule has 0 aliphatic carbocycles. The molecule has 0 fully saturated rings. The Balaban J connectivity index is 0.000000145. The summed E-state index contributed by atoms with van der Waals surface area (Å²) in [5.41, 5.74) is 27.2. The van der Waals surface area contributed by atoms with Crippen LogP contribution in [0.4, 0.5) is 0 Å². The summed E-state index contributed by atoms with van der Waals surface area (Å²) in [6.45, 7) is 0. The number of hydrogen-bond donors (Lipinski definition) is 0.